The minimum absolute atomic E-state index is 0.160. The smallest absolute Gasteiger partial charge is 0.279 e. The van der Waals surface area contributed by atoms with Gasteiger partial charge in [-0.2, -0.15) is 0 Å². The molecule has 1 heterocycles. The predicted molar refractivity (Wildman–Crippen MR) is 72.3 cm³/mol. The molecule has 0 unspecified atom stereocenters. The number of carbonyl (C=O) groups is 1. The van der Waals surface area contributed by atoms with E-state index in [0.717, 1.165) is 18.8 Å². The summed E-state index contributed by atoms with van der Waals surface area (Å²) >= 11 is 0. The molecule has 0 aliphatic rings. The van der Waals surface area contributed by atoms with Crippen LogP contribution in [0.25, 0.3) is 0 Å². The molecule has 0 fully saturated rings. The van der Waals surface area contributed by atoms with E-state index >= 15 is 0 Å². The van der Waals surface area contributed by atoms with Crippen LogP contribution in [-0.2, 0) is 0 Å². The predicted octanol–water partition coefficient (Wildman–Crippen LogP) is 2.17. The molecule has 2 rings (SSSR count). The van der Waals surface area contributed by atoms with Crippen LogP contribution in [0.2, 0.25) is 0 Å². The summed E-state index contributed by atoms with van der Waals surface area (Å²) in [4.78, 5) is 14.0. The Morgan fingerprint density at radius 1 is 1.26 bits per heavy atom. The molecular formula is C13H16N4O2. The van der Waals surface area contributed by atoms with Crippen LogP contribution in [0, 0.1) is 0 Å². The lowest BCUT2D eigenvalue weighted by Gasteiger charge is -2.21. The Morgan fingerprint density at radius 3 is 2.47 bits per heavy atom. The SMILES string of the molecule is CCN(CC)c1ccc(NC(=O)c2cnon2)cc1. The number of carbonyl (C=O) groups excluding carboxylic acids is 1. The molecule has 6 nitrogen and oxygen atoms in total. The second kappa shape index (κ2) is 5.99. The van der Waals surface area contributed by atoms with Gasteiger partial charge in [-0.1, -0.05) is 5.16 Å². The third-order valence-corrected chi connectivity index (χ3v) is 2.85. The number of hydrogen-bond donors (Lipinski definition) is 1. The van der Waals surface area contributed by atoms with Crippen LogP contribution in [0.3, 0.4) is 0 Å². The normalized spacial score (nSPS) is 10.2. The van der Waals surface area contributed by atoms with Crippen LogP contribution >= 0.6 is 0 Å². The zero-order chi connectivity index (χ0) is 13.7. The highest BCUT2D eigenvalue weighted by molar-refractivity contribution is 6.02. The maximum absolute atomic E-state index is 11.7. The number of hydrogen-bond acceptors (Lipinski definition) is 5. The van der Waals surface area contributed by atoms with Gasteiger partial charge >= 0.3 is 0 Å². The van der Waals surface area contributed by atoms with E-state index in [9.17, 15) is 4.79 Å². The summed E-state index contributed by atoms with van der Waals surface area (Å²) in [6.45, 7) is 6.12. The molecule has 0 radical (unpaired) electrons. The van der Waals surface area contributed by atoms with E-state index in [2.05, 4.69) is 39.0 Å². The Balaban J connectivity index is 2.05. The Hall–Kier alpha value is -2.37. The number of nitrogens with one attached hydrogen (secondary N) is 1. The molecule has 0 aliphatic carbocycles. The van der Waals surface area contributed by atoms with Crippen LogP contribution in [0.5, 0.6) is 0 Å². The number of aromatic nitrogens is 2. The molecule has 0 aliphatic heterocycles. The van der Waals surface area contributed by atoms with Crippen LogP contribution in [0.15, 0.2) is 35.1 Å². The van der Waals surface area contributed by atoms with Crippen LogP contribution in [0.1, 0.15) is 24.3 Å². The average Bonchev–Trinajstić information content (AvgIpc) is 2.96. The van der Waals surface area contributed by atoms with E-state index in [1.807, 2.05) is 24.3 Å². The molecule has 100 valence electrons. The molecule has 0 saturated carbocycles. The third-order valence-electron chi connectivity index (χ3n) is 2.85. The monoisotopic (exact) mass is 260 g/mol. The van der Waals surface area contributed by atoms with E-state index in [1.165, 1.54) is 6.20 Å². The molecule has 1 amide bonds. The number of rotatable bonds is 5. The van der Waals surface area contributed by atoms with Crippen molar-refractivity contribution in [3.05, 3.63) is 36.2 Å². The lowest BCUT2D eigenvalue weighted by molar-refractivity contribution is 0.101. The van der Waals surface area contributed by atoms with Crippen molar-refractivity contribution in [2.75, 3.05) is 23.3 Å². The number of nitrogens with zero attached hydrogens (tertiary/aromatic N) is 3. The molecule has 1 aromatic heterocycles. The summed E-state index contributed by atoms with van der Waals surface area (Å²) < 4.78 is 4.39. The summed E-state index contributed by atoms with van der Waals surface area (Å²) in [6, 6.07) is 7.67. The lowest BCUT2D eigenvalue weighted by Crippen LogP contribution is -2.21. The molecule has 2 aromatic rings. The quantitative estimate of drug-likeness (QED) is 0.892. The van der Waals surface area contributed by atoms with E-state index in [0.29, 0.717) is 5.69 Å². The summed E-state index contributed by atoms with van der Waals surface area (Å²) in [5.41, 5.74) is 2.00. The number of anilines is 2. The standard InChI is InChI=1S/C13H16N4O2/c1-3-17(4-2)11-7-5-10(6-8-11)15-13(18)12-9-14-19-16-12/h5-9H,3-4H2,1-2H3,(H,15,18). The molecule has 0 saturated heterocycles. The Morgan fingerprint density at radius 2 is 1.95 bits per heavy atom. The molecule has 0 bridgehead atoms. The van der Waals surface area contributed by atoms with Crippen LogP contribution in [0.4, 0.5) is 11.4 Å². The second-order valence-corrected chi connectivity index (χ2v) is 3.97. The van der Waals surface area contributed by atoms with E-state index in [-0.39, 0.29) is 11.6 Å². The van der Waals surface area contributed by atoms with Crippen molar-refractivity contribution in [1.29, 1.82) is 0 Å². The van der Waals surface area contributed by atoms with Gasteiger partial charge in [-0.05, 0) is 43.3 Å². The van der Waals surface area contributed by atoms with Crippen molar-refractivity contribution < 1.29 is 9.42 Å². The number of benzene rings is 1. The van der Waals surface area contributed by atoms with Gasteiger partial charge in [0.1, 0.15) is 6.20 Å². The van der Waals surface area contributed by atoms with Gasteiger partial charge in [0.2, 0.25) is 0 Å². The maximum Gasteiger partial charge on any atom is 0.279 e. The molecular weight excluding hydrogens is 244 g/mol. The Kier molecular flexibility index (Phi) is 4.12. The topological polar surface area (TPSA) is 71.3 Å². The van der Waals surface area contributed by atoms with Crippen molar-refractivity contribution in [2.24, 2.45) is 0 Å². The highest BCUT2D eigenvalue weighted by Gasteiger charge is 2.10. The van der Waals surface area contributed by atoms with Gasteiger partial charge in [-0.15, -0.1) is 0 Å². The van der Waals surface area contributed by atoms with Crippen molar-refractivity contribution in [1.82, 2.24) is 10.3 Å². The highest BCUT2D eigenvalue weighted by atomic mass is 16.6. The second-order valence-electron chi connectivity index (χ2n) is 3.97. The minimum Gasteiger partial charge on any atom is -0.372 e. The first-order valence-corrected chi connectivity index (χ1v) is 6.18. The molecule has 1 aromatic carbocycles. The fourth-order valence-electron chi connectivity index (χ4n) is 1.80. The summed E-state index contributed by atoms with van der Waals surface area (Å²) in [5, 5.41) is 9.60. The van der Waals surface area contributed by atoms with Crippen molar-refractivity contribution >= 4 is 17.3 Å². The largest absolute Gasteiger partial charge is 0.372 e. The van der Waals surface area contributed by atoms with Gasteiger partial charge in [0.05, 0.1) is 0 Å². The van der Waals surface area contributed by atoms with Crippen LogP contribution < -0.4 is 10.2 Å². The van der Waals surface area contributed by atoms with Gasteiger partial charge in [-0.3, -0.25) is 4.79 Å². The van der Waals surface area contributed by atoms with E-state index < -0.39 is 0 Å². The summed E-state index contributed by atoms with van der Waals surface area (Å²) in [6.07, 6.45) is 1.28. The fraction of sp³-hybridized carbons (Fsp3) is 0.308. The van der Waals surface area contributed by atoms with Gasteiger partial charge < -0.3 is 10.2 Å². The molecule has 1 N–H and O–H groups in total. The first kappa shape index (κ1) is 13.1. The Bertz CT molecular complexity index is 518. The molecule has 0 spiro atoms. The van der Waals surface area contributed by atoms with Gasteiger partial charge in [-0.25, -0.2) is 4.63 Å². The van der Waals surface area contributed by atoms with Crippen molar-refractivity contribution in [2.45, 2.75) is 13.8 Å². The highest BCUT2D eigenvalue weighted by Crippen LogP contribution is 2.18. The molecule has 6 heteroatoms. The van der Waals surface area contributed by atoms with E-state index in [1.54, 1.807) is 0 Å². The van der Waals surface area contributed by atoms with Crippen molar-refractivity contribution in [3.63, 3.8) is 0 Å². The van der Waals surface area contributed by atoms with Crippen molar-refractivity contribution in [3.8, 4) is 0 Å². The average molecular weight is 260 g/mol. The van der Waals surface area contributed by atoms with Gasteiger partial charge in [0.15, 0.2) is 5.69 Å². The van der Waals surface area contributed by atoms with Crippen LogP contribution in [-0.4, -0.2) is 29.3 Å². The fourth-order valence-corrected chi connectivity index (χ4v) is 1.80. The first-order chi connectivity index (χ1) is 9.24. The molecule has 19 heavy (non-hydrogen) atoms. The number of amides is 1. The lowest BCUT2D eigenvalue weighted by atomic mass is 10.2. The van der Waals surface area contributed by atoms with E-state index in [4.69, 9.17) is 0 Å². The molecule has 0 atom stereocenters. The summed E-state index contributed by atoms with van der Waals surface area (Å²) in [5.74, 6) is -0.336. The maximum atomic E-state index is 11.7. The third kappa shape index (κ3) is 3.09. The first-order valence-electron chi connectivity index (χ1n) is 6.18. The van der Waals surface area contributed by atoms with Gasteiger partial charge in [0, 0.05) is 24.5 Å². The van der Waals surface area contributed by atoms with Gasteiger partial charge in [0.25, 0.3) is 5.91 Å². The minimum atomic E-state index is -0.336. The zero-order valence-corrected chi connectivity index (χ0v) is 11.0. The summed E-state index contributed by atoms with van der Waals surface area (Å²) in [7, 11) is 0. The Labute approximate surface area is 111 Å². The zero-order valence-electron chi connectivity index (χ0n) is 11.0.